The largest absolute Gasteiger partial charge is 0.464 e. The molecule has 2 saturated carbocycles. The maximum absolute atomic E-state index is 12.6. The highest BCUT2D eigenvalue weighted by Gasteiger charge is 2.28. The number of unbranched alkanes of at least 4 members (excludes halogenated alkanes) is 1. The van der Waals surface area contributed by atoms with E-state index < -0.39 is 12.0 Å². The van der Waals surface area contributed by atoms with E-state index in [-0.39, 0.29) is 43.6 Å². The maximum atomic E-state index is 12.6. The molecule has 2 N–H and O–H groups in total. The van der Waals surface area contributed by atoms with Gasteiger partial charge in [-0.05, 0) is 51.9 Å². The van der Waals surface area contributed by atoms with Crippen molar-refractivity contribution in [2.45, 2.75) is 109 Å². The van der Waals surface area contributed by atoms with Crippen LogP contribution in [0.1, 0.15) is 90.4 Å². The quantitative estimate of drug-likeness (QED) is 0.186. The van der Waals surface area contributed by atoms with Crippen LogP contribution >= 0.6 is 0 Å². The first-order valence-corrected chi connectivity index (χ1v) is 13.6. The van der Waals surface area contributed by atoms with Gasteiger partial charge in [-0.15, -0.1) is 0 Å². The smallest absolute Gasteiger partial charge is 0.328 e. The first-order chi connectivity index (χ1) is 17.5. The van der Waals surface area contributed by atoms with Gasteiger partial charge in [0.1, 0.15) is 12.6 Å². The highest BCUT2D eigenvalue weighted by atomic mass is 16.5. The van der Waals surface area contributed by atoms with Gasteiger partial charge in [0.25, 0.3) is 0 Å². The van der Waals surface area contributed by atoms with Crippen molar-refractivity contribution >= 4 is 30.6 Å². The van der Waals surface area contributed by atoms with Gasteiger partial charge in [0.2, 0.25) is 24.6 Å². The Balaban J connectivity index is 1.80. The molecule has 1 atom stereocenters. The van der Waals surface area contributed by atoms with E-state index in [9.17, 15) is 24.0 Å². The minimum Gasteiger partial charge on any atom is -0.464 e. The number of ether oxygens (including phenoxy) is 1. The summed E-state index contributed by atoms with van der Waals surface area (Å²) in [6.07, 6.45) is 13.1. The normalized spacial score (nSPS) is 17.5. The summed E-state index contributed by atoms with van der Waals surface area (Å²) in [5.41, 5.74) is 0. The van der Waals surface area contributed by atoms with Gasteiger partial charge in [-0.25, -0.2) is 4.79 Å². The van der Waals surface area contributed by atoms with Crippen molar-refractivity contribution in [2.24, 2.45) is 0 Å². The molecule has 204 valence electrons. The summed E-state index contributed by atoms with van der Waals surface area (Å²) in [5.74, 6) is -0.983. The van der Waals surface area contributed by atoms with Crippen LogP contribution in [0.4, 0.5) is 0 Å². The van der Waals surface area contributed by atoms with Crippen molar-refractivity contribution < 1.29 is 28.7 Å². The van der Waals surface area contributed by atoms with Crippen LogP contribution in [0.2, 0.25) is 0 Å². The van der Waals surface area contributed by atoms with Gasteiger partial charge in [-0.3, -0.25) is 19.2 Å². The van der Waals surface area contributed by atoms with Crippen LogP contribution in [0.5, 0.6) is 0 Å². The van der Waals surface area contributed by atoms with E-state index in [2.05, 4.69) is 10.6 Å². The van der Waals surface area contributed by atoms with Crippen LogP contribution in [0.25, 0.3) is 0 Å². The van der Waals surface area contributed by atoms with E-state index in [1.54, 1.807) is 6.92 Å². The molecule has 10 heteroatoms. The monoisotopic (exact) mass is 508 g/mol. The summed E-state index contributed by atoms with van der Waals surface area (Å²) < 4.78 is 5.15. The van der Waals surface area contributed by atoms with Crippen LogP contribution in [-0.2, 0) is 28.7 Å². The Bertz CT molecular complexity index is 707. The van der Waals surface area contributed by atoms with Gasteiger partial charge in [0.05, 0.1) is 13.2 Å². The van der Waals surface area contributed by atoms with E-state index in [4.69, 9.17) is 4.74 Å². The highest BCUT2D eigenvalue weighted by Crippen LogP contribution is 2.18. The second kappa shape index (κ2) is 16.9. The van der Waals surface area contributed by atoms with Crippen LogP contribution in [0.3, 0.4) is 0 Å². The molecule has 0 radical (unpaired) electrons. The number of esters is 1. The fourth-order valence-electron chi connectivity index (χ4n) is 5.09. The summed E-state index contributed by atoms with van der Waals surface area (Å²) in [6, 6.07) is -0.570. The zero-order chi connectivity index (χ0) is 26.2. The molecule has 0 aromatic heterocycles. The second-order valence-corrected chi connectivity index (χ2v) is 9.92. The van der Waals surface area contributed by atoms with E-state index in [0.717, 1.165) is 51.4 Å². The van der Waals surface area contributed by atoms with E-state index in [0.29, 0.717) is 38.6 Å². The molecule has 0 aromatic carbocycles. The SMILES string of the molecule is CCOC(=O)C(CCCCN(C=O)CC(=O)NC1CCCCC1)N(C=O)CC(=O)NC1CCCCC1. The molecule has 10 nitrogen and oxygen atoms in total. The van der Waals surface area contributed by atoms with Gasteiger partial charge in [-0.1, -0.05) is 38.5 Å². The fraction of sp³-hybridized carbons (Fsp3) is 0.808. The van der Waals surface area contributed by atoms with Gasteiger partial charge in [-0.2, -0.15) is 0 Å². The predicted molar refractivity (Wildman–Crippen MR) is 135 cm³/mol. The maximum Gasteiger partial charge on any atom is 0.328 e. The topological polar surface area (TPSA) is 125 Å². The Morgan fingerprint density at radius 2 is 1.39 bits per heavy atom. The Morgan fingerprint density at radius 1 is 0.833 bits per heavy atom. The molecular formula is C26H44N4O6. The van der Waals surface area contributed by atoms with Gasteiger partial charge >= 0.3 is 5.97 Å². The molecule has 2 aliphatic carbocycles. The van der Waals surface area contributed by atoms with Crippen molar-refractivity contribution in [2.75, 3.05) is 26.2 Å². The molecule has 2 aliphatic rings. The molecular weight excluding hydrogens is 464 g/mol. The average molecular weight is 509 g/mol. The number of rotatable bonds is 16. The third-order valence-corrected chi connectivity index (χ3v) is 7.03. The first kappa shape index (κ1) is 29.6. The van der Waals surface area contributed by atoms with E-state index >= 15 is 0 Å². The molecule has 0 spiro atoms. The molecule has 0 aromatic rings. The molecule has 36 heavy (non-hydrogen) atoms. The summed E-state index contributed by atoms with van der Waals surface area (Å²) in [7, 11) is 0. The predicted octanol–water partition coefficient (Wildman–Crippen LogP) is 1.90. The van der Waals surface area contributed by atoms with Crippen molar-refractivity contribution in [3.05, 3.63) is 0 Å². The Morgan fingerprint density at radius 3 is 1.89 bits per heavy atom. The number of hydrogen-bond acceptors (Lipinski definition) is 6. The summed E-state index contributed by atoms with van der Waals surface area (Å²) in [5, 5.41) is 5.98. The summed E-state index contributed by atoms with van der Waals surface area (Å²) in [4.78, 5) is 63.3. The average Bonchev–Trinajstić information content (AvgIpc) is 2.88. The number of amides is 4. The Hall–Kier alpha value is -2.65. The minimum absolute atomic E-state index is 0.00308. The zero-order valence-corrected chi connectivity index (χ0v) is 21.8. The highest BCUT2D eigenvalue weighted by molar-refractivity contribution is 5.84. The Kier molecular flexibility index (Phi) is 13.9. The fourth-order valence-corrected chi connectivity index (χ4v) is 5.09. The number of nitrogens with zero attached hydrogens (tertiary/aromatic N) is 2. The summed E-state index contributed by atoms with van der Waals surface area (Å²) in [6.45, 7) is 2.02. The molecule has 0 heterocycles. The molecule has 1 unspecified atom stereocenters. The van der Waals surface area contributed by atoms with E-state index in [1.807, 2.05) is 0 Å². The van der Waals surface area contributed by atoms with Gasteiger partial charge in [0, 0.05) is 18.6 Å². The third kappa shape index (κ3) is 11.0. The van der Waals surface area contributed by atoms with Gasteiger partial charge in [0.15, 0.2) is 0 Å². The molecule has 4 amide bonds. The lowest BCUT2D eigenvalue weighted by molar-refractivity contribution is -0.153. The molecule has 0 saturated heterocycles. The standard InChI is InChI=1S/C26H44N4O6/c1-2-36-26(35)23(30(20-32)18-25(34)28-22-13-7-4-8-14-22)15-9-10-16-29(19-31)17-24(33)27-21-11-5-3-6-12-21/h19-23H,2-18H2,1H3,(H,27,33)(H,28,34). The molecule has 0 aliphatic heterocycles. The van der Waals surface area contributed by atoms with Crippen molar-refractivity contribution in [3.8, 4) is 0 Å². The molecule has 2 rings (SSSR count). The molecule has 0 bridgehead atoms. The van der Waals surface area contributed by atoms with Crippen LogP contribution in [0.15, 0.2) is 0 Å². The lowest BCUT2D eigenvalue weighted by Crippen LogP contribution is -2.48. The van der Waals surface area contributed by atoms with Crippen molar-refractivity contribution in [3.63, 3.8) is 0 Å². The summed E-state index contributed by atoms with van der Waals surface area (Å²) >= 11 is 0. The number of hydrogen-bond donors (Lipinski definition) is 2. The first-order valence-electron chi connectivity index (χ1n) is 13.6. The lowest BCUT2D eigenvalue weighted by Gasteiger charge is -2.28. The number of nitrogens with one attached hydrogen (secondary N) is 2. The zero-order valence-electron chi connectivity index (χ0n) is 21.8. The Labute approximate surface area is 214 Å². The van der Waals surface area contributed by atoms with Crippen LogP contribution in [0, 0.1) is 0 Å². The molecule has 2 fully saturated rings. The minimum atomic E-state index is -0.876. The second-order valence-electron chi connectivity index (χ2n) is 9.92. The number of carbonyl (C=O) groups excluding carboxylic acids is 5. The van der Waals surface area contributed by atoms with Crippen LogP contribution in [-0.4, -0.2) is 84.8 Å². The van der Waals surface area contributed by atoms with Crippen molar-refractivity contribution in [1.29, 1.82) is 0 Å². The van der Waals surface area contributed by atoms with E-state index in [1.165, 1.54) is 22.6 Å². The van der Waals surface area contributed by atoms with Crippen molar-refractivity contribution in [1.82, 2.24) is 20.4 Å². The van der Waals surface area contributed by atoms with Gasteiger partial charge < -0.3 is 25.2 Å². The van der Waals surface area contributed by atoms with Crippen LogP contribution < -0.4 is 10.6 Å². The third-order valence-electron chi connectivity index (χ3n) is 7.03. The number of carbonyl (C=O) groups is 5. The lowest BCUT2D eigenvalue weighted by atomic mass is 9.95.